The molecule has 0 aliphatic rings. The third kappa shape index (κ3) is 3.48. The van der Waals surface area contributed by atoms with Crippen LogP contribution in [0, 0.1) is 0 Å². The van der Waals surface area contributed by atoms with E-state index >= 15 is 0 Å². The number of benzene rings is 1. The van der Waals surface area contributed by atoms with Crippen molar-refractivity contribution in [2.45, 2.75) is 0 Å². The Kier molecular flexibility index (Phi) is 4.71. The number of hydrogen-bond acceptors (Lipinski definition) is 6. The summed E-state index contributed by atoms with van der Waals surface area (Å²) < 4.78 is 1.66. The summed E-state index contributed by atoms with van der Waals surface area (Å²) in [6, 6.07) is 8.38. The number of amides is 1. The first-order chi connectivity index (χ1) is 12.1. The third-order valence-corrected chi connectivity index (χ3v) is 4.35. The number of nitrogens with zero attached hydrogens (tertiary/aromatic N) is 4. The Bertz CT molecular complexity index is 1010. The van der Waals surface area contributed by atoms with Crippen molar-refractivity contribution < 1.29 is 9.90 Å². The van der Waals surface area contributed by atoms with Crippen LogP contribution in [-0.2, 0) is 0 Å². The monoisotopic (exact) mass is 353 g/mol. The summed E-state index contributed by atoms with van der Waals surface area (Å²) in [6.07, 6.45) is 5.06. The minimum atomic E-state index is -0.694. The predicted octanol–water partition coefficient (Wildman–Crippen LogP) is 1.83. The lowest BCUT2D eigenvalue weighted by molar-refractivity contribution is 0.0998. The number of phenols is 1. The van der Waals surface area contributed by atoms with Gasteiger partial charge in [0.1, 0.15) is 5.75 Å². The van der Waals surface area contributed by atoms with E-state index in [0.29, 0.717) is 10.4 Å². The summed E-state index contributed by atoms with van der Waals surface area (Å²) in [5.74, 6) is -0.849. The van der Waals surface area contributed by atoms with E-state index in [-0.39, 0.29) is 11.3 Å². The maximum absolute atomic E-state index is 11.5. The molecule has 0 bridgehead atoms. The van der Waals surface area contributed by atoms with Crippen molar-refractivity contribution in [2.75, 3.05) is 7.05 Å². The average Bonchev–Trinajstić information content (AvgIpc) is 3.04. The lowest BCUT2D eigenvalue weighted by Gasteiger charge is -2.06. The van der Waals surface area contributed by atoms with Crippen LogP contribution in [0.25, 0.3) is 11.3 Å². The fraction of sp³-hybridized carbons (Fsp3) is 0.0588. The van der Waals surface area contributed by atoms with Gasteiger partial charge >= 0.3 is 0 Å². The zero-order valence-corrected chi connectivity index (χ0v) is 14.1. The SMILES string of the molecule is CN=c1scc(-c2ccc(O)c(C(N)=O)c2)n1/N=C\c1cccnc1. The Labute approximate surface area is 147 Å². The number of thiazole rings is 1. The largest absolute Gasteiger partial charge is 0.507 e. The Morgan fingerprint density at radius 3 is 2.92 bits per heavy atom. The Balaban J connectivity index is 2.10. The summed E-state index contributed by atoms with van der Waals surface area (Å²) >= 11 is 1.41. The van der Waals surface area contributed by atoms with Crippen molar-refractivity contribution in [1.29, 1.82) is 0 Å². The normalized spacial score (nSPS) is 12.0. The van der Waals surface area contributed by atoms with E-state index in [2.05, 4.69) is 15.1 Å². The molecule has 25 heavy (non-hydrogen) atoms. The van der Waals surface area contributed by atoms with Gasteiger partial charge in [-0.2, -0.15) is 5.10 Å². The first kappa shape index (κ1) is 16.6. The van der Waals surface area contributed by atoms with Crippen LogP contribution in [0.2, 0.25) is 0 Å². The molecule has 0 aliphatic heterocycles. The summed E-state index contributed by atoms with van der Waals surface area (Å²) in [7, 11) is 1.68. The fourth-order valence-electron chi connectivity index (χ4n) is 2.23. The predicted molar refractivity (Wildman–Crippen MR) is 96.6 cm³/mol. The Hall–Kier alpha value is -3.26. The van der Waals surface area contributed by atoms with Crippen LogP contribution in [0.15, 0.2) is 58.2 Å². The molecule has 1 aromatic carbocycles. The van der Waals surface area contributed by atoms with E-state index in [0.717, 1.165) is 11.3 Å². The molecule has 2 aromatic heterocycles. The van der Waals surface area contributed by atoms with E-state index in [1.807, 2.05) is 17.5 Å². The van der Waals surface area contributed by atoms with E-state index < -0.39 is 5.91 Å². The lowest BCUT2D eigenvalue weighted by atomic mass is 10.1. The number of pyridine rings is 1. The van der Waals surface area contributed by atoms with Crippen LogP contribution in [0.4, 0.5) is 0 Å². The second kappa shape index (κ2) is 7.10. The van der Waals surface area contributed by atoms with Gasteiger partial charge in [-0.15, -0.1) is 11.3 Å². The molecular formula is C17H15N5O2S. The number of primary amides is 1. The number of hydrogen-bond donors (Lipinski definition) is 2. The van der Waals surface area contributed by atoms with Gasteiger partial charge in [-0.1, -0.05) is 6.07 Å². The van der Waals surface area contributed by atoms with Gasteiger partial charge in [0.2, 0.25) is 4.80 Å². The highest BCUT2D eigenvalue weighted by Gasteiger charge is 2.13. The molecule has 3 rings (SSSR count). The molecule has 0 spiro atoms. The maximum atomic E-state index is 11.5. The molecule has 126 valence electrons. The van der Waals surface area contributed by atoms with Crippen LogP contribution >= 0.6 is 11.3 Å². The summed E-state index contributed by atoms with van der Waals surface area (Å²) in [5, 5.41) is 16.1. The molecular weight excluding hydrogens is 338 g/mol. The third-order valence-electron chi connectivity index (χ3n) is 3.44. The highest BCUT2D eigenvalue weighted by Crippen LogP contribution is 2.26. The number of carbonyl (C=O) groups is 1. The van der Waals surface area contributed by atoms with Crippen molar-refractivity contribution in [1.82, 2.24) is 9.66 Å². The summed E-state index contributed by atoms with van der Waals surface area (Å²) in [4.78, 5) is 20.4. The van der Waals surface area contributed by atoms with E-state index in [9.17, 15) is 9.90 Å². The number of aromatic nitrogens is 2. The summed E-state index contributed by atoms with van der Waals surface area (Å²) in [6.45, 7) is 0. The van der Waals surface area contributed by atoms with Gasteiger partial charge in [-0.3, -0.25) is 14.8 Å². The Morgan fingerprint density at radius 1 is 1.40 bits per heavy atom. The first-order valence-corrected chi connectivity index (χ1v) is 8.19. The molecule has 0 radical (unpaired) electrons. The number of rotatable bonds is 4. The van der Waals surface area contributed by atoms with Crippen LogP contribution in [-0.4, -0.2) is 33.9 Å². The Morgan fingerprint density at radius 2 is 2.24 bits per heavy atom. The van der Waals surface area contributed by atoms with Gasteiger partial charge in [0.05, 0.1) is 17.5 Å². The average molecular weight is 353 g/mol. The number of carbonyl (C=O) groups excluding carboxylic acids is 1. The minimum absolute atomic E-state index is 0.0569. The van der Waals surface area contributed by atoms with E-state index in [4.69, 9.17) is 5.73 Å². The molecule has 0 atom stereocenters. The fourth-order valence-corrected chi connectivity index (χ4v) is 3.03. The maximum Gasteiger partial charge on any atom is 0.252 e. The van der Waals surface area contributed by atoms with Crippen LogP contribution in [0.1, 0.15) is 15.9 Å². The molecule has 1 amide bonds. The molecule has 0 fully saturated rings. The van der Waals surface area contributed by atoms with Gasteiger partial charge in [0, 0.05) is 35.9 Å². The molecule has 0 aliphatic carbocycles. The van der Waals surface area contributed by atoms with Gasteiger partial charge in [-0.05, 0) is 24.3 Å². The smallest absolute Gasteiger partial charge is 0.252 e. The zero-order valence-electron chi connectivity index (χ0n) is 13.3. The van der Waals surface area contributed by atoms with Crippen molar-refractivity contribution >= 4 is 23.5 Å². The molecule has 7 nitrogen and oxygen atoms in total. The molecule has 2 heterocycles. The van der Waals surface area contributed by atoms with Crippen molar-refractivity contribution in [3.63, 3.8) is 0 Å². The summed E-state index contributed by atoms with van der Waals surface area (Å²) in [5.41, 5.74) is 7.63. The van der Waals surface area contributed by atoms with Gasteiger partial charge in [0.25, 0.3) is 5.91 Å². The highest BCUT2D eigenvalue weighted by molar-refractivity contribution is 7.07. The van der Waals surface area contributed by atoms with Crippen LogP contribution in [0.5, 0.6) is 5.75 Å². The van der Waals surface area contributed by atoms with Gasteiger partial charge in [-0.25, -0.2) is 4.68 Å². The molecule has 0 unspecified atom stereocenters. The second-order valence-corrected chi connectivity index (χ2v) is 5.90. The number of nitrogens with two attached hydrogens (primary N) is 1. The molecule has 3 aromatic rings. The quantitative estimate of drug-likeness (QED) is 0.699. The van der Waals surface area contributed by atoms with Crippen molar-refractivity contribution in [2.24, 2.45) is 15.8 Å². The molecule has 3 N–H and O–H groups in total. The highest BCUT2D eigenvalue weighted by atomic mass is 32.1. The standard InChI is InChI=1S/C17H15N5O2S/c1-19-17-22(21-9-11-3-2-6-20-8-11)14(10-25-17)12-4-5-15(23)13(7-12)16(18)24/h2-10,23H,1H3,(H2,18,24)/b19-17?,21-9-. The van der Waals surface area contributed by atoms with Crippen molar-refractivity contribution in [3.05, 3.63) is 64.0 Å². The number of aromatic hydroxyl groups is 1. The first-order valence-electron chi connectivity index (χ1n) is 7.31. The van der Waals surface area contributed by atoms with E-state index in [1.165, 1.54) is 23.5 Å². The van der Waals surface area contributed by atoms with Gasteiger partial charge in [0.15, 0.2) is 0 Å². The molecule has 0 saturated heterocycles. The zero-order chi connectivity index (χ0) is 17.8. The van der Waals surface area contributed by atoms with Crippen molar-refractivity contribution in [3.8, 4) is 17.0 Å². The molecule has 0 saturated carbocycles. The second-order valence-electron chi connectivity index (χ2n) is 5.07. The molecule has 8 heteroatoms. The van der Waals surface area contributed by atoms with Gasteiger partial charge < -0.3 is 10.8 Å². The topological polar surface area (TPSA) is 106 Å². The minimum Gasteiger partial charge on any atom is -0.507 e. The van der Waals surface area contributed by atoms with E-state index in [1.54, 1.807) is 36.4 Å². The van der Waals surface area contributed by atoms with Crippen LogP contribution in [0.3, 0.4) is 0 Å². The lowest BCUT2D eigenvalue weighted by Crippen LogP contribution is -2.13. The van der Waals surface area contributed by atoms with Crippen LogP contribution < -0.4 is 10.5 Å².